The van der Waals surface area contributed by atoms with Crippen molar-refractivity contribution in [1.82, 2.24) is 0 Å². The van der Waals surface area contributed by atoms with Gasteiger partial charge >= 0.3 is 0 Å². The van der Waals surface area contributed by atoms with Crippen LogP contribution in [0.15, 0.2) is 65.6 Å². The van der Waals surface area contributed by atoms with Crippen molar-refractivity contribution in [2.75, 3.05) is 5.75 Å². The molecule has 2 N–H and O–H groups in total. The first-order valence-electron chi connectivity index (χ1n) is 12.6. The van der Waals surface area contributed by atoms with Crippen LogP contribution in [0.4, 0.5) is 4.39 Å². The van der Waals surface area contributed by atoms with E-state index >= 15 is 4.39 Å². The molecule has 1 aliphatic heterocycles. The van der Waals surface area contributed by atoms with Crippen LogP contribution in [-0.4, -0.2) is 17.8 Å². The number of hydrogen-bond donors (Lipinski definition) is 1. The van der Waals surface area contributed by atoms with Gasteiger partial charge in [-0.1, -0.05) is 51.1 Å². The van der Waals surface area contributed by atoms with Crippen molar-refractivity contribution in [2.24, 2.45) is 11.7 Å². The van der Waals surface area contributed by atoms with Gasteiger partial charge in [0.05, 0.1) is 6.10 Å². The second-order valence-electron chi connectivity index (χ2n) is 9.84. The van der Waals surface area contributed by atoms with Gasteiger partial charge in [0, 0.05) is 21.8 Å². The topological polar surface area (TPSA) is 52.3 Å². The second-order valence-corrected chi connectivity index (χ2v) is 10.9. The van der Waals surface area contributed by atoms with Gasteiger partial charge in [0.1, 0.15) is 11.6 Å². The van der Waals surface area contributed by atoms with Gasteiger partial charge in [0.25, 0.3) is 0 Å². The first-order valence-corrected chi connectivity index (χ1v) is 13.6. The van der Waals surface area contributed by atoms with Crippen molar-refractivity contribution in [3.8, 4) is 5.75 Å². The highest BCUT2D eigenvalue weighted by Gasteiger charge is 2.25. The van der Waals surface area contributed by atoms with Gasteiger partial charge in [-0.25, -0.2) is 4.39 Å². The predicted molar refractivity (Wildman–Crippen MR) is 148 cm³/mol. The maximum atomic E-state index is 15.1. The number of thioether (sulfide) groups is 1. The van der Waals surface area contributed by atoms with E-state index in [2.05, 4.69) is 20.8 Å². The molecule has 3 nitrogen and oxygen atoms in total. The molecular weight excluding hydrogens is 469 g/mol. The molecule has 1 amide bonds. The molecule has 0 saturated carbocycles. The second kappa shape index (κ2) is 11.3. The molecule has 5 heteroatoms. The molecule has 0 fully saturated rings. The van der Waals surface area contributed by atoms with E-state index in [1.165, 1.54) is 0 Å². The Hall–Kier alpha value is -3.05. The largest absolute Gasteiger partial charge is 0.490 e. The fourth-order valence-electron chi connectivity index (χ4n) is 4.55. The first kappa shape index (κ1) is 26.0. The molecule has 4 rings (SSSR count). The number of rotatable bonds is 9. The van der Waals surface area contributed by atoms with Gasteiger partial charge in [0.15, 0.2) is 0 Å². The third kappa shape index (κ3) is 5.84. The van der Waals surface area contributed by atoms with Gasteiger partial charge in [-0.2, -0.15) is 0 Å². The first-order chi connectivity index (χ1) is 17.3. The van der Waals surface area contributed by atoms with E-state index < -0.39 is 5.91 Å². The standard InChI is InChI=1S/C31H34FNO2S/c1-5-23(11-6-19(2)3)35-24-12-8-21(9-13-24)30-26-15-10-22(31(33)34)17-29(26)36-18-27(30)25-14-7-20(4)16-28(25)32/h7-10,12-17,19,23H,5-6,11,18H2,1-4H3,(H2,33,34). The Bertz CT molecular complexity index is 1280. The summed E-state index contributed by atoms with van der Waals surface area (Å²) >= 11 is 1.60. The van der Waals surface area contributed by atoms with Gasteiger partial charge in [-0.15, -0.1) is 11.8 Å². The zero-order valence-corrected chi connectivity index (χ0v) is 22.3. The summed E-state index contributed by atoms with van der Waals surface area (Å²) in [7, 11) is 0. The van der Waals surface area contributed by atoms with Crippen LogP contribution in [0.1, 0.15) is 72.6 Å². The predicted octanol–water partition coefficient (Wildman–Crippen LogP) is 7.89. The van der Waals surface area contributed by atoms with Gasteiger partial charge in [-0.3, -0.25) is 4.79 Å². The van der Waals surface area contributed by atoms with Gasteiger partial charge in [-0.05, 0) is 90.3 Å². The third-order valence-electron chi connectivity index (χ3n) is 6.63. The summed E-state index contributed by atoms with van der Waals surface area (Å²) in [6.07, 6.45) is 3.32. The molecule has 0 radical (unpaired) electrons. The number of amides is 1. The fraction of sp³-hybridized carbons (Fsp3) is 0.323. The van der Waals surface area contributed by atoms with Crippen LogP contribution in [0.5, 0.6) is 5.75 Å². The maximum absolute atomic E-state index is 15.1. The molecule has 0 aliphatic carbocycles. The lowest BCUT2D eigenvalue weighted by Crippen LogP contribution is -2.16. The highest BCUT2D eigenvalue weighted by molar-refractivity contribution is 7.99. The molecule has 3 aromatic carbocycles. The van der Waals surface area contributed by atoms with Crippen LogP contribution < -0.4 is 10.5 Å². The Morgan fingerprint density at radius 3 is 2.39 bits per heavy atom. The van der Waals surface area contributed by atoms with Crippen molar-refractivity contribution in [3.05, 3.63) is 94.3 Å². The summed E-state index contributed by atoms with van der Waals surface area (Å²) in [6, 6.07) is 19.0. The summed E-state index contributed by atoms with van der Waals surface area (Å²) in [6.45, 7) is 8.51. The lowest BCUT2D eigenvalue weighted by Gasteiger charge is -2.25. The van der Waals surface area contributed by atoms with Gasteiger partial charge < -0.3 is 10.5 Å². The Labute approximate surface area is 217 Å². The quantitative estimate of drug-likeness (QED) is 0.323. The molecule has 36 heavy (non-hydrogen) atoms. The highest BCUT2D eigenvalue weighted by Crippen LogP contribution is 2.45. The van der Waals surface area contributed by atoms with Crippen LogP contribution >= 0.6 is 11.8 Å². The minimum absolute atomic E-state index is 0.189. The number of halogens is 1. The van der Waals surface area contributed by atoms with E-state index in [9.17, 15) is 4.79 Å². The molecule has 1 aliphatic rings. The minimum atomic E-state index is -0.455. The van der Waals surface area contributed by atoms with E-state index in [4.69, 9.17) is 10.5 Å². The average molecular weight is 504 g/mol. The van der Waals surface area contributed by atoms with E-state index in [1.807, 2.05) is 55.5 Å². The zero-order chi connectivity index (χ0) is 25.8. The number of carbonyl (C=O) groups excluding carboxylic acids is 1. The zero-order valence-electron chi connectivity index (χ0n) is 21.4. The van der Waals surface area contributed by atoms with Crippen LogP contribution in [0.3, 0.4) is 0 Å². The molecule has 0 bridgehead atoms. The number of aryl methyl sites for hydroxylation is 1. The average Bonchev–Trinajstić information content (AvgIpc) is 2.86. The van der Waals surface area contributed by atoms with Crippen molar-refractivity contribution < 1.29 is 13.9 Å². The Balaban J connectivity index is 1.75. The smallest absolute Gasteiger partial charge is 0.248 e. The van der Waals surface area contributed by atoms with E-state index in [1.54, 1.807) is 23.9 Å². The number of nitrogens with two attached hydrogens (primary N) is 1. The van der Waals surface area contributed by atoms with Crippen LogP contribution in [0.2, 0.25) is 0 Å². The number of benzene rings is 3. The molecule has 0 aromatic heterocycles. The lowest BCUT2D eigenvalue weighted by atomic mass is 9.89. The molecular formula is C31H34FNO2S. The lowest BCUT2D eigenvalue weighted by molar-refractivity contribution is 0.1000. The molecule has 0 saturated heterocycles. The highest BCUT2D eigenvalue weighted by atomic mass is 32.2. The fourth-order valence-corrected chi connectivity index (χ4v) is 5.69. The molecule has 1 heterocycles. The van der Waals surface area contributed by atoms with Crippen molar-refractivity contribution in [2.45, 2.75) is 58.0 Å². The maximum Gasteiger partial charge on any atom is 0.248 e. The number of carbonyl (C=O) groups is 1. The summed E-state index contributed by atoms with van der Waals surface area (Å²) < 4.78 is 21.4. The number of ether oxygens (including phenoxy) is 1. The third-order valence-corrected chi connectivity index (χ3v) is 7.71. The summed E-state index contributed by atoms with van der Waals surface area (Å²) in [4.78, 5) is 12.7. The monoisotopic (exact) mass is 503 g/mol. The summed E-state index contributed by atoms with van der Waals surface area (Å²) in [5.41, 5.74) is 11.4. The number of primary amides is 1. The van der Waals surface area contributed by atoms with Crippen LogP contribution in [0, 0.1) is 18.7 Å². The van der Waals surface area contributed by atoms with E-state index in [0.717, 1.165) is 57.7 Å². The van der Waals surface area contributed by atoms with Gasteiger partial charge in [0.2, 0.25) is 5.91 Å². The molecule has 3 aromatic rings. The summed E-state index contributed by atoms with van der Waals surface area (Å²) in [5, 5.41) is 0. The van der Waals surface area contributed by atoms with E-state index in [0.29, 0.717) is 22.8 Å². The Kier molecular flexibility index (Phi) is 8.20. The molecule has 0 spiro atoms. The Morgan fingerprint density at radius 1 is 1.03 bits per heavy atom. The molecule has 188 valence electrons. The van der Waals surface area contributed by atoms with Crippen molar-refractivity contribution in [3.63, 3.8) is 0 Å². The van der Waals surface area contributed by atoms with Crippen LogP contribution in [-0.2, 0) is 0 Å². The SMILES string of the molecule is CCC(CCC(C)C)Oc1ccc(C2=C(c3ccc(C)cc3F)CSc3cc(C(N)=O)ccc32)cc1. The normalized spacial score (nSPS) is 14.1. The summed E-state index contributed by atoms with van der Waals surface area (Å²) in [5.74, 6) is 1.40. The number of fused-ring (bicyclic) bond motifs is 1. The van der Waals surface area contributed by atoms with Crippen molar-refractivity contribution >= 4 is 28.8 Å². The van der Waals surface area contributed by atoms with Crippen molar-refractivity contribution in [1.29, 1.82) is 0 Å². The Morgan fingerprint density at radius 2 is 1.75 bits per heavy atom. The molecule has 1 unspecified atom stereocenters. The van der Waals surface area contributed by atoms with Crippen LogP contribution in [0.25, 0.3) is 11.1 Å². The molecule has 1 atom stereocenters. The number of hydrogen-bond acceptors (Lipinski definition) is 3. The van der Waals surface area contributed by atoms with E-state index in [-0.39, 0.29) is 11.9 Å². The minimum Gasteiger partial charge on any atom is -0.490 e.